The van der Waals surface area contributed by atoms with Crippen molar-refractivity contribution in [2.24, 2.45) is 0 Å². The molecule has 9 heteroatoms. The largest absolute Gasteiger partial charge is 0.452 e. The summed E-state index contributed by atoms with van der Waals surface area (Å²) in [5.41, 5.74) is 1.24. The number of nitrogens with one attached hydrogen (secondary N) is 1. The van der Waals surface area contributed by atoms with Gasteiger partial charge < -0.3 is 10.1 Å². The topological polar surface area (TPSA) is 116 Å². The molecule has 0 radical (unpaired) electrons. The lowest BCUT2D eigenvalue weighted by atomic mass is 10.1. The standard InChI is InChI=1S/C20H18N4O5/c1-13-7-6-10-16(19(13)24(27)28)20(26)29-12-18(25)21-17-11-14(2)22-23(17)15-8-4-3-5-9-15/h3-11H,12H2,1-2H3,(H,21,25). The number of nitrogens with zero attached hydrogens (tertiary/aromatic N) is 3. The Hall–Kier alpha value is -4.01. The summed E-state index contributed by atoms with van der Waals surface area (Å²) >= 11 is 0. The Balaban J connectivity index is 1.70. The minimum Gasteiger partial charge on any atom is -0.452 e. The Labute approximate surface area is 166 Å². The van der Waals surface area contributed by atoms with E-state index in [0.29, 0.717) is 17.1 Å². The average molecular weight is 394 g/mol. The Kier molecular flexibility index (Phi) is 5.68. The Morgan fingerprint density at radius 3 is 2.55 bits per heavy atom. The molecular weight excluding hydrogens is 376 g/mol. The van der Waals surface area contributed by atoms with Crippen molar-refractivity contribution in [1.29, 1.82) is 0 Å². The van der Waals surface area contributed by atoms with Gasteiger partial charge in [0.15, 0.2) is 6.61 Å². The van der Waals surface area contributed by atoms with Crippen LogP contribution in [-0.4, -0.2) is 33.2 Å². The molecule has 0 aliphatic carbocycles. The second-order valence-corrected chi connectivity index (χ2v) is 6.27. The highest BCUT2D eigenvalue weighted by atomic mass is 16.6. The Morgan fingerprint density at radius 1 is 1.14 bits per heavy atom. The van der Waals surface area contributed by atoms with Crippen LogP contribution in [0.25, 0.3) is 5.69 Å². The highest BCUT2D eigenvalue weighted by Crippen LogP contribution is 2.23. The summed E-state index contributed by atoms with van der Waals surface area (Å²) in [4.78, 5) is 35.1. The van der Waals surface area contributed by atoms with E-state index >= 15 is 0 Å². The number of hydrogen-bond donors (Lipinski definition) is 1. The molecule has 0 bridgehead atoms. The van der Waals surface area contributed by atoms with Crippen molar-refractivity contribution in [3.05, 3.63) is 81.5 Å². The first-order chi connectivity index (χ1) is 13.9. The molecule has 0 saturated heterocycles. The molecule has 0 aliphatic rings. The number of amides is 1. The lowest BCUT2D eigenvalue weighted by Gasteiger charge is -2.09. The van der Waals surface area contributed by atoms with Crippen LogP contribution in [0.1, 0.15) is 21.6 Å². The number of para-hydroxylation sites is 2. The molecular formula is C20H18N4O5. The summed E-state index contributed by atoms with van der Waals surface area (Å²) in [6.07, 6.45) is 0. The number of benzene rings is 2. The molecule has 1 amide bonds. The zero-order chi connectivity index (χ0) is 21.0. The molecule has 2 aromatic carbocycles. The van der Waals surface area contributed by atoms with Gasteiger partial charge in [0.2, 0.25) is 0 Å². The molecule has 0 fully saturated rings. The van der Waals surface area contributed by atoms with Crippen LogP contribution in [-0.2, 0) is 9.53 Å². The van der Waals surface area contributed by atoms with Crippen molar-refractivity contribution in [3.8, 4) is 5.69 Å². The minimum atomic E-state index is -0.941. The lowest BCUT2D eigenvalue weighted by molar-refractivity contribution is -0.385. The van der Waals surface area contributed by atoms with Gasteiger partial charge in [-0.2, -0.15) is 5.10 Å². The Bertz CT molecular complexity index is 1080. The fourth-order valence-corrected chi connectivity index (χ4v) is 2.81. The van der Waals surface area contributed by atoms with Gasteiger partial charge in [-0.1, -0.05) is 30.3 Å². The first kappa shape index (κ1) is 19.7. The summed E-state index contributed by atoms with van der Waals surface area (Å²) in [7, 11) is 0. The summed E-state index contributed by atoms with van der Waals surface area (Å²) in [6, 6.07) is 15.2. The third-order valence-corrected chi connectivity index (χ3v) is 4.07. The molecule has 0 aliphatic heterocycles. The summed E-state index contributed by atoms with van der Waals surface area (Å²) in [5.74, 6) is -1.12. The van der Waals surface area contributed by atoms with Gasteiger partial charge in [0, 0.05) is 11.6 Å². The zero-order valence-electron chi connectivity index (χ0n) is 15.8. The fraction of sp³-hybridized carbons (Fsp3) is 0.150. The van der Waals surface area contributed by atoms with Crippen LogP contribution in [0.5, 0.6) is 0 Å². The second kappa shape index (κ2) is 8.34. The van der Waals surface area contributed by atoms with E-state index in [2.05, 4.69) is 10.4 Å². The third-order valence-electron chi connectivity index (χ3n) is 4.07. The molecule has 1 heterocycles. The summed E-state index contributed by atoms with van der Waals surface area (Å²) in [6.45, 7) is 2.71. The highest BCUT2D eigenvalue weighted by molar-refractivity contribution is 5.97. The van der Waals surface area contributed by atoms with Gasteiger partial charge >= 0.3 is 5.97 Å². The van der Waals surface area contributed by atoms with E-state index in [9.17, 15) is 19.7 Å². The van der Waals surface area contributed by atoms with Gasteiger partial charge in [-0.15, -0.1) is 0 Å². The average Bonchev–Trinajstić information content (AvgIpc) is 3.06. The van der Waals surface area contributed by atoms with E-state index < -0.39 is 23.4 Å². The van der Waals surface area contributed by atoms with Gasteiger partial charge in [0.05, 0.1) is 16.3 Å². The number of aromatic nitrogens is 2. The Morgan fingerprint density at radius 2 is 1.86 bits per heavy atom. The number of anilines is 1. The first-order valence-corrected chi connectivity index (χ1v) is 8.70. The van der Waals surface area contributed by atoms with Crippen LogP contribution in [0.2, 0.25) is 0 Å². The second-order valence-electron chi connectivity index (χ2n) is 6.27. The molecule has 1 N–H and O–H groups in total. The monoisotopic (exact) mass is 394 g/mol. The van der Waals surface area contributed by atoms with Crippen LogP contribution in [0.4, 0.5) is 11.5 Å². The molecule has 0 saturated carbocycles. The van der Waals surface area contributed by atoms with E-state index in [1.165, 1.54) is 25.1 Å². The van der Waals surface area contributed by atoms with E-state index in [1.54, 1.807) is 17.7 Å². The van der Waals surface area contributed by atoms with Gasteiger partial charge in [-0.3, -0.25) is 14.9 Å². The number of ether oxygens (including phenoxy) is 1. The minimum absolute atomic E-state index is 0.201. The molecule has 29 heavy (non-hydrogen) atoms. The maximum atomic E-state index is 12.3. The number of carbonyl (C=O) groups excluding carboxylic acids is 2. The number of carbonyl (C=O) groups is 2. The first-order valence-electron chi connectivity index (χ1n) is 8.70. The molecule has 0 atom stereocenters. The number of nitro benzene ring substituents is 1. The van der Waals surface area contributed by atoms with E-state index in [0.717, 1.165) is 5.69 Å². The molecule has 1 aromatic heterocycles. The molecule has 0 spiro atoms. The van der Waals surface area contributed by atoms with Gasteiger partial charge in [-0.25, -0.2) is 9.48 Å². The van der Waals surface area contributed by atoms with Crippen LogP contribution >= 0.6 is 0 Å². The van der Waals surface area contributed by atoms with Crippen LogP contribution in [0, 0.1) is 24.0 Å². The van der Waals surface area contributed by atoms with Crippen LogP contribution in [0.3, 0.4) is 0 Å². The molecule has 3 aromatic rings. The van der Waals surface area contributed by atoms with Crippen molar-refractivity contribution < 1.29 is 19.2 Å². The van der Waals surface area contributed by atoms with Gasteiger partial charge in [0.25, 0.3) is 11.6 Å². The fourth-order valence-electron chi connectivity index (χ4n) is 2.81. The predicted octanol–water partition coefficient (Wildman–Crippen LogP) is 3.19. The molecule has 3 rings (SSSR count). The van der Waals surface area contributed by atoms with Gasteiger partial charge in [-0.05, 0) is 32.0 Å². The van der Waals surface area contributed by atoms with Crippen molar-refractivity contribution in [2.75, 3.05) is 11.9 Å². The van der Waals surface area contributed by atoms with E-state index in [4.69, 9.17) is 4.74 Å². The SMILES string of the molecule is Cc1cc(NC(=O)COC(=O)c2cccc(C)c2[N+](=O)[O-])n(-c2ccccc2)n1. The van der Waals surface area contributed by atoms with Gasteiger partial charge in [0.1, 0.15) is 11.4 Å². The smallest absolute Gasteiger partial charge is 0.345 e. The number of hydrogen-bond acceptors (Lipinski definition) is 6. The lowest BCUT2D eigenvalue weighted by Crippen LogP contribution is -2.22. The number of nitro groups is 1. The van der Waals surface area contributed by atoms with E-state index in [-0.39, 0.29) is 11.3 Å². The maximum Gasteiger partial charge on any atom is 0.345 e. The molecule has 148 valence electrons. The predicted molar refractivity (Wildman–Crippen MR) is 105 cm³/mol. The quantitative estimate of drug-likeness (QED) is 0.390. The number of esters is 1. The molecule has 0 unspecified atom stereocenters. The number of rotatable bonds is 6. The summed E-state index contributed by atoms with van der Waals surface area (Å²) in [5, 5.41) is 18.2. The number of aryl methyl sites for hydroxylation is 2. The van der Waals surface area contributed by atoms with Crippen molar-refractivity contribution >= 4 is 23.4 Å². The summed E-state index contributed by atoms with van der Waals surface area (Å²) < 4.78 is 6.53. The highest BCUT2D eigenvalue weighted by Gasteiger charge is 2.24. The zero-order valence-corrected chi connectivity index (χ0v) is 15.8. The molecule has 9 nitrogen and oxygen atoms in total. The van der Waals surface area contributed by atoms with Crippen LogP contribution < -0.4 is 5.32 Å². The third kappa shape index (κ3) is 4.46. The maximum absolute atomic E-state index is 12.3. The van der Waals surface area contributed by atoms with Crippen molar-refractivity contribution in [1.82, 2.24) is 9.78 Å². The van der Waals surface area contributed by atoms with E-state index in [1.807, 2.05) is 30.3 Å². The van der Waals surface area contributed by atoms with Crippen LogP contribution in [0.15, 0.2) is 54.6 Å². The van der Waals surface area contributed by atoms with Crippen molar-refractivity contribution in [3.63, 3.8) is 0 Å². The van der Waals surface area contributed by atoms with Crippen molar-refractivity contribution in [2.45, 2.75) is 13.8 Å². The normalized spacial score (nSPS) is 10.4.